The van der Waals surface area contributed by atoms with Gasteiger partial charge in [-0.3, -0.25) is 0 Å². The van der Waals surface area contributed by atoms with E-state index >= 15 is 0 Å². The first-order chi connectivity index (χ1) is 7.65. The summed E-state index contributed by atoms with van der Waals surface area (Å²) in [5.41, 5.74) is 1.93. The molecule has 0 unspecified atom stereocenters. The molecule has 0 aromatic heterocycles. The minimum Gasteiger partial charge on any atom is -0.241 e. The quantitative estimate of drug-likeness (QED) is 0.669. The molecule has 0 saturated carbocycles. The molecule has 1 aliphatic rings. The minimum absolute atomic E-state index is 0.588. The Kier molecular flexibility index (Phi) is 3.15. The topological polar surface area (TPSA) is 0 Å². The Balaban J connectivity index is 2.30. The molecule has 0 saturated heterocycles. The number of alkyl halides is 2. The van der Waals surface area contributed by atoms with Gasteiger partial charge in [0.2, 0.25) is 0 Å². The second-order valence-corrected chi connectivity index (χ2v) is 4.71. The lowest BCUT2D eigenvalue weighted by atomic mass is 9.89. The van der Waals surface area contributed by atoms with E-state index < -0.39 is 11.0 Å². The van der Waals surface area contributed by atoms with Gasteiger partial charge in [0.1, 0.15) is 6.17 Å². The second-order valence-electron chi connectivity index (χ2n) is 4.00. The van der Waals surface area contributed by atoms with Crippen molar-refractivity contribution in [2.45, 2.75) is 24.4 Å². The van der Waals surface area contributed by atoms with Crippen LogP contribution in [0, 0.1) is 0 Å². The Morgan fingerprint density at radius 1 is 1.31 bits per heavy atom. The van der Waals surface area contributed by atoms with E-state index in [0.29, 0.717) is 6.42 Å². The molecule has 0 bridgehead atoms. The predicted molar refractivity (Wildman–Crippen MR) is 67.3 cm³/mol. The van der Waals surface area contributed by atoms with Crippen LogP contribution in [0.15, 0.2) is 48.6 Å². The summed E-state index contributed by atoms with van der Waals surface area (Å²) in [5.74, 6) is 0. The van der Waals surface area contributed by atoms with Gasteiger partial charge in [-0.2, -0.15) is 0 Å². The summed E-state index contributed by atoms with van der Waals surface area (Å²) in [4.78, 5) is -0.863. The zero-order chi connectivity index (χ0) is 11.6. The van der Waals surface area contributed by atoms with Crippen molar-refractivity contribution in [3.05, 3.63) is 54.1 Å². The molecule has 1 aromatic rings. The summed E-state index contributed by atoms with van der Waals surface area (Å²) >= 11 is 6.16. The molecule has 0 N–H and O–H groups in total. The summed E-state index contributed by atoms with van der Waals surface area (Å²) in [6.45, 7) is 1.89. The first-order valence-electron chi connectivity index (χ1n) is 5.45. The molecule has 0 amide bonds. The number of halogens is 2. The van der Waals surface area contributed by atoms with Crippen molar-refractivity contribution >= 4 is 17.2 Å². The van der Waals surface area contributed by atoms with E-state index in [1.54, 1.807) is 12.2 Å². The standard InChI is InChI=1S/C14H14ClF/c1-2-14(15)9-8-12(10-13(14)16)11-6-4-3-5-7-11/h3-10,13H,2H2,1H3/t13-,14-/m0/s1. The van der Waals surface area contributed by atoms with Crippen LogP contribution in [0.25, 0.3) is 5.57 Å². The maximum absolute atomic E-state index is 13.9. The van der Waals surface area contributed by atoms with Gasteiger partial charge in [-0.15, -0.1) is 11.6 Å². The first kappa shape index (κ1) is 11.4. The van der Waals surface area contributed by atoms with E-state index in [2.05, 4.69) is 0 Å². The Hall–Kier alpha value is -1.08. The highest BCUT2D eigenvalue weighted by atomic mass is 35.5. The van der Waals surface area contributed by atoms with Crippen LogP contribution in [-0.4, -0.2) is 11.0 Å². The lowest BCUT2D eigenvalue weighted by molar-refractivity contribution is 0.334. The Morgan fingerprint density at radius 2 is 2.00 bits per heavy atom. The van der Waals surface area contributed by atoms with Gasteiger partial charge in [0.05, 0.1) is 4.87 Å². The molecule has 0 spiro atoms. The van der Waals surface area contributed by atoms with E-state index in [1.165, 1.54) is 0 Å². The number of benzene rings is 1. The van der Waals surface area contributed by atoms with Gasteiger partial charge in [-0.25, -0.2) is 4.39 Å². The predicted octanol–water partition coefficient (Wildman–Crippen LogP) is 4.37. The van der Waals surface area contributed by atoms with Gasteiger partial charge in [0.15, 0.2) is 0 Å². The minimum atomic E-state index is -1.13. The van der Waals surface area contributed by atoms with Crippen molar-refractivity contribution in [3.63, 3.8) is 0 Å². The molecular formula is C14H14ClF. The molecular weight excluding hydrogens is 223 g/mol. The summed E-state index contributed by atoms with van der Waals surface area (Å²) in [6.07, 6.45) is 4.74. The van der Waals surface area contributed by atoms with Crippen molar-refractivity contribution < 1.29 is 4.39 Å². The van der Waals surface area contributed by atoms with Gasteiger partial charge >= 0.3 is 0 Å². The van der Waals surface area contributed by atoms with Crippen LogP contribution in [-0.2, 0) is 0 Å². The van der Waals surface area contributed by atoms with Crippen molar-refractivity contribution in [2.24, 2.45) is 0 Å². The van der Waals surface area contributed by atoms with Crippen LogP contribution in [0.2, 0.25) is 0 Å². The Labute approximate surface area is 100 Å². The van der Waals surface area contributed by atoms with E-state index in [4.69, 9.17) is 11.6 Å². The number of rotatable bonds is 2. The average molecular weight is 237 g/mol. The fourth-order valence-corrected chi connectivity index (χ4v) is 1.93. The number of hydrogen-bond donors (Lipinski definition) is 0. The zero-order valence-electron chi connectivity index (χ0n) is 9.16. The molecule has 84 valence electrons. The summed E-state index contributed by atoms with van der Waals surface area (Å²) in [6, 6.07) is 9.77. The largest absolute Gasteiger partial charge is 0.241 e. The molecule has 2 heteroatoms. The molecule has 1 aromatic carbocycles. The average Bonchev–Trinajstić information content (AvgIpc) is 2.34. The van der Waals surface area contributed by atoms with Crippen molar-refractivity contribution in [1.82, 2.24) is 0 Å². The van der Waals surface area contributed by atoms with Gasteiger partial charge in [-0.1, -0.05) is 49.4 Å². The van der Waals surface area contributed by atoms with Gasteiger partial charge in [0.25, 0.3) is 0 Å². The smallest absolute Gasteiger partial charge is 0.142 e. The molecule has 0 fully saturated rings. The van der Waals surface area contributed by atoms with E-state index in [0.717, 1.165) is 11.1 Å². The highest BCUT2D eigenvalue weighted by molar-refractivity contribution is 6.26. The maximum atomic E-state index is 13.9. The van der Waals surface area contributed by atoms with Crippen LogP contribution >= 0.6 is 11.6 Å². The highest BCUT2D eigenvalue weighted by Gasteiger charge is 2.34. The summed E-state index contributed by atoms with van der Waals surface area (Å²) in [5, 5.41) is 0. The zero-order valence-corrected chi connectivity index (χ0v) is 9.92. The molecule has 2 atom stereocenters. The molecule has 0 radical (unpaired) electrons. The molecule has 0 heterocycles. The Bertz CT molecular complexity index is 422. The lowest BCUT2D eigenvalue weighted by Crippen LogP contribution is -2.31. The van der Waals surface area contributed by atoms with E-state index in [9.17, 15) is 4.39 Å². The molecule has 16 heavy (non-hydrogen) atoms. The molecule has 1 aliphatic carbocycles. The Morgan fingerprint density at radius 3 is 2.56 bits per heavy atom. The fourth-order valence-electron chi connectivity index (χ4n) is 1.81. The molecule has 0 aliphatic heterocycles. The van der Waals surface area contributed by atoms with Crippen LogP contribution in [0.5, 0.6) is 0 Å². The van der Waals surface area contributed by atoms with Gasteiger partial charge in [0, 0.05) is 0 Å². The highest BCUT2D eigenvalue weighted by Crippen LogP contribution is 2.35. The number of hydrogen-bond acceptors (Lipinski definition) is 0. The van der Waals surface area contributed by atoms with Gasteiger partial charge in [-0.05, 0) is 23.6 Å². The first-order valence-corrected chi connectivity index (χ1v) is 5.83. The fraction of sp³-hybridized carbons (Fsp3) is 0.286. The van der Waals surface area contributed by atoms with E-state index in [-0.39, 0.29) is 0 Å². The van der Waals surface area contributed by atoms with Gasteiger partial charge < -0.3 is 0 Å². The SMILES string of the molecule is CC[C@]1(Cl)C=CC(c2ccccc2)=C[C@@H]1F. The van der Waals surface area contributed by atoms with Crippen molar-refractivity contribution in [3.8, 4) is 0 Å². The lowest BCUT2D eigenvalue weighted by Gasteiger charge is -2.27. The maximum Gasteiger partial charge on any atom is 0.142 e. The van der Waals surface area contributed by atoms with Crippen molar-refractivity contribution in [1.29, 1.82) is 0 Å². The monoisotopic (exact) mass is 236 g/mol. The summed E-state index contributed by atoms with van der Waals surface area (Å²) in [7, 11) is 0. The summed E-state index contributed by atoms with van der Waals surface area (Å²) < 4.78 is 13.9. The third-order valence-corrected chi connectivity index (χ3v) is 3.58. The van der Waals surface area contributed by atoms with E-state index in [1.807, 2.05) is 43.3 Å². The second kappa shape index (κ2) is 4.42. The van der Waals surface area contributed by atoms with Crippen LogP contribution in [0.4, 0.5) is 4.39 Å². The van der Waals surface area contributed by atoms with Crippen LogP contribution in [0.1, 0.15) is 18.9 Å². The van der Waals surface area contributed by atoms with Crippen LogP contribution in [0.3, 0.4) is 0 Å². The number of allylic oxidation sites excluding steroid dienone is 4. The third kappa shape index (κ3) is 2.05. The van der Waals surface area contributed by atoms with Crippen molar-refractivity contribution in [2.75, 3.05) is 0 Å². The van der Waals surface area contributed by atoms with Crippen LogP contribution < -0.4 is 0 Å². The third-order valence-electron chi connectivity index (χ3n) is 2.97. The molecule has 2 rings (SSSR count). The molecule has 0 nitrogen and oxygen atoms in total. The normalized spacial score (nSPS) is 28.9.